The monoisotopic (exact) mass is 876 g/mol. The molecule has 0 saturated heterocycles. The van der Waals surface area contributed by atoms with Gasteiger partial charge in [0.1, 0.15) is 5.29 Å². The van der Waals surface area contributed by atoms with Crippen LogP contribution in [0.4, 0.5) is 0 Å². The van der Waals surface area contributed by atoms with Crippen LogP contribution >= 0.6 is 6.89 Å². The molecule has 2 aliphatic carbocycles. The van der Waals surface area contributed by atoms with Crippen LogP contribution in [0.1, 0.15) is 99.7 Å². The van der Waals surface area contributed by atoms with Crippen LogP contribution < -0.4 is 15.9 Å². The Balaban J connectivity index is 0.000000233. The Labute approximate surface area is 372 Å². The number of nitrogens with zero attached hydrogens (tertiary/aromatic N) is 2. The maximum atomic E-state index is 15.3. The van der Waals surface area contributed by atoms with E-state index in [1.807, 2.05) is 91.0 Å². The number of Topliss-reactive ketones (excluding diaryl/α,β-unsaturated/α-hetero) is 1. The standard InChI is InChI=1S/C37H34NO5P.C15H15NO4/c1-2-43-37(42)34(33(39)31-24-14-15-25-32(31)38-35(40)29-22-12-13-23-30(29)36(38)41)44(26-16-6-3-7-17-26,27-18-8-4-9-19-27)28-20-10-5-11-21-28;17-13-9-5-1-2-6-10(9)14(18)16(13)12-8-4-3-7-11(12)15(19)20/h3-13,16-23,31-32H,2,14-15,24-25H2,1H3;1-2,5-6,11-12H,3-4,7-8H2,(H,19,20)/t31-,32-;11-,12-/m11/s1. The molecule has 4 aliphatic rings. The molecule has 0 bridgehead atoms. The third kappa shape index (κ3) is 7.83. The van der Waals surface area contributed by atoms with Crippen molar-refractivity contribution in [1.82, 2.24) is 9.80 Å². The number of rotatable bonds is 10. The molecule has 2 saturated carbocycles. The zero-order valence-corrected chi connectivity index (χ0v) is 36.4. The molecule has 4 amide bonds. The molecule has 1 N–H and O–H groups in total. The second-order valence-corrected chi connectivity index (χ2v) is 19.8. The summed E-state index contributed by atoms with van der Waals surface area (Å²) in [6, 6.07) is 41.4. The Hall–Kier alpha value is -6.71. The largest absolute Gasteiger partial charge is 0.481 e. The van der Waals surface area contributed by atoms with Gasteiger partial charge < -0.3 is 9.84 Å². The minimum Gasteiger partial charge on any atom is -0.481 e. The minimum atomic E-state index is -3.11. The number of hydrogen-bond donors (Lipinski definition) is 1. The first-order valence-corrected chi connectivity index (χ1v) is 23.7. The number of fused-ring (bicyclic) bond motifs is 2. The SMILES string of the molecule is CCOC(=O)C(C(=O)[C@@H]1CCCC[C@H]1N1C(=O)c2ccccc2C1=O)=P(c1ccccc1)(c1ccccc1)c1ccccc1.O=C(O)[C@@H]1CCCC[C@H]1N1C(=O)c2ccccc2C1=O. The Morgan fingerprint density at radius 3 is 1.20 bits per heavy atom. The molecule has 64 heavy (non-hydrogen) atoms. The fourth-order valence-electron chi connectivity index (χ4n) is 10.0. The smallest absolute Gasteiger partial charge is 0.342 e. The van der Waals surface area contributed by atoms with E-state index in [0.29, 0.717) is 47.9 Å². The molecule has 4 atom stereocenters. The Kier molecular flexibility index (Phi) is 13.0. The van der Waals surface area contributed by atoms with Crippen molar-refractivity contribution in [3.05, 3.63) is 162 Å². The molecule has 0 unspecified atom stereocenters. The van der Waals surface area contributed by atoms with Crippen LogP contribution in [-0.2, 0) is 19.1 Å². The fraction of sp³-hybridized carbons (Fsp3) is 0.269. The van der Waals surface area contributed by atoms with Crippen LogP contribution in [0.25, 0.3) is 0 Å². The summed E-state index contributed by atoms with van der Waals surface area (Å²) in [6.45, 7) is -1.29. The van der Waals surface area contributed by atoms with Crippen LogP contribution in [0.3, 0.4) is 0 Å². The van der Waals surface area contributed by atoms with Crippen molar-refractivity contribution in [2.45, 2.75) is 70.4 Å². The van der Waals surface area contributed by atoms with Crippen molar-refractivity contribution in [3.8, 4) is 0 Å². The van der Waals surface area contributed by atoms with E-state index < -0.39 is 42.7 Å². The highest BCUT2D eigenvalue weighted by atomic mass is 31.2. The van der Waals surface area contributed by atoms with Crippen molar-refractivity contribution < 1.29 is 43.4 Å². The summed E-state index contributed by atoms with van der Waals surface area (Å²) in [6.07, 6.45) is 5.24. The van der Waals surface area contributed by atoms with Gasteiger partial charge in [-0.1, -0.05) is 141 Å². The van der Waals surface area contributed by atoms with Crippen molar-refractivity contribution in [3.63, 3.8) is 0 Å². The summed E-state index contributed by atoms with van der Waals surface area (Å²) in [5.41, 5.74) is 1.46. The summed E-state index contributed by atoms with van der Waals surface area (Å²) < 4.78 is 5.72. The highest BCUT2D eigenvalue weighted by Gasteiger charge is 2.49. The number of ether oxygens (including phenoxy) is 1. The van der Waals surface area contributed by atoms with Crippen molar-refractivity contribution >= 4 is 69.4 Å². The first-order chi connectivity index (χ1) is 31.1. The van der Waals surface area contributed by atoms with Gasteiger partial charge in [-0.3, -0.25) is 38.6 Å². The zero-order chi connectivity index (χ0) is 45.0. The molecule has 12 heteroatoms. The van der Waals surface area contributed by atoms with E-state index in [4.69, 9.17) is 4.74 Å². The second kappa shape index (κ2) is 19.0. The highest BCUT2D eigenvalue weighted by Crippen LogP contribution is 2.48. The summed E-state index contributed by atoms with van der Waals surface area (Å²) in [4.78, 5) is 95.5. The van der Waals surface area contributed by atoms with E-state index in [1.165, 1.54) is 9.80 Å². The van der Waals surface area contributed by atoms with Gasteiger partial charge in [0.25, 0.3) is 23.6 Å². The average molecular weight is 877 g/mol. The molecule has 5 aromatic carbocycles. The van der Waals surface area contributed by atoms with E-state index >= 15 is 4.79 Å². The first kappa shape index (κ1) is 43.9. The van der Waals surface area contributed by atoms with Gasteiger partial charge in [-0.15, -0.1) is 0 Å². The van der Waals surface area contributed by atoms with Gasteiger partial charge in [-0.2, -0.15) is 0 Å². The minimum absolute atomic E-state index is 0.0939. The lowest BCUT2D eigenvalue weighted by Gasteiger charge is -2.38. The maximum absolute atomic E-state index is 15.3. The number of carbonyl (C=O) groups excluding carboxylic acids is 6. The average Bonchev–Trinajstić information content (AvgIpc) is 3.75. The van der Waals surface area contributed by atoms with Crippen molar-refractivity contribution in [2.24, 2.45) is 11.8 Å². The number of esters is 1. The molecule has 0 spiro atoms. The Morgan fingerprint density at radius 2 is 0.844 bits per heavy atom. The number of hydrogen-bond acceptors (Lipinski definition) is 8. The van der Waals surface area contributed by atoms with Crippen LogP contribution in [0.5, 0.6) is 0 Å². The van der Waals surface area contributed by atoms with Crippen molar-refractivity contribution in [1.29, 1.82) is 0 Å². The van der Waals surface area contributed by atoms with E-state index in [2.05, 4.69) is 0 Å². The van der Waals surface area contributed by atoms with Gasteiger partial charge in [0.15, 0.2) is 5.78 Å². The third-order valence-corrected chi connectivity index (χ3v) is 17.2. The number of benzene rings is 5. The van der Waals surface area contributed by atoms with Gasteiger partial charge in [0.05, 0.1) is 46.9 Å². The molecule has 0 aromatic heterocycles. The highest BCUT2D eigenvalue weighted by molar-refractivity contribution is 7.97. The molecule has 5 aromatic rings. The molecule has 2 fully saturated rings. The molecule has 2 aliphatic heterocycles. The molecular weight excluding hydrogens is 828 g/mol. The Bertz CT molecular complexity index is 2510. The van der Waals surface area contributed by atoms with Crippen LogP contribution in [-0.4, -0.2) is 80.2 Å². The normalized spacial score (nSPS) is 20.5. The topological polar surface area (TPSA) is 155 Å². The van der Waals surface area contributed by atoms with E-state index in [1.54, 1.807) is 55.5 Å². The molecule has 0 radical (unpaired) electrons. The predicted molar refractivity (Wildman–Crippen MR) is 245 cm³/mol. The lowest BCUT2D eigenvalue weighted by molar-refractivity contribution is -0.144. The van der Waals surface area contributed by atoms with E-state index in [0.717, 1.165) is 41.6 Å². The molecule has 326 valence electrons. The number of ketones is 1. The molecule has 2 heterocycles. The lowest BCUT2D eigenvalue weighted by atomic mass is 9.80. The number of carbonyl (C=O) groups is 7. The summed E-state index contributed by atoms with van der Waals surface area (Å²) in [5.74, 6) is -4.82. The fourth-order valence-corrected chi connectivity index (χ4v) is 14.4. The predicted octanol–water partition coefficient (Wildman–Crippen LogP) is 7.07. The number of aliphatic carboxylic acids is 1. The number of imide groups is 2. The summed E-state index contributed by atoms with van der Waals surface area (Å²) >= 11 is 0. The first-order valence-electron chi connectivity index (χ1n) is 21.9. The third-order valence-electron chi connectivity index (χ3n) is 12.9. The van der Waals surface area contributed by atoms with Gasteiger partial charge in [0, 0.05) is 5.92 Å². The Morgan fingerprint density at radius 1 is 0.516 bits per heavy atom. The van der Waals surface area contributed by atoms with Gasteiger partial charge in [0.2, 0.25) is 0 Å². The van der Waals surface area contributed by atoms with E-state index in [9.17, 15) is 33.9 Å². The summed E-state index contributed by atoms with van der Waals surface area (Å²) in [7, 11) is 0. The number of carboxylic acids is 1. The number of amides is 4. The maximum Gasteiger partial charge on any atom is 0.342 e. The van der Waals surface area contributed by atoms with Crippen LogP contribution in [0.15, 0.2) is 140 Å². The summed E-state index contributed by atoms with van der Waals surface area (Å²) in [5, 5.41) is 12.0. The molecule has 9 rings (SSSR count). The quantitative estimate of drug-likeness (QED) is 0.0672. The molecule has 11 nitrogen and oxygen atoms in total. The van der Waals surface area contributed by atoms with Crippen LogP contribution in [0, 0.1) is 11.8 Å². The van der Waals surface area contributed by atoms with Gasteiger partial charge >= 0.3 is 11.9 Å². The van der Waals surface area contributed by atoms with Gasteiger partial charge in [-0.25, -0.2) is 4.79 Å². The van der Waals surface area contributed by atoms with E-state index in [-0.39, 0.29) is 41.3 Å². The lowest BCUT2D eigenvalue weighted by Crippen LogP contribution is -2.51. The number of carboxylic acid groups (broad SMARTS) is 1. The van der Waals surface area contributed by atoms with Gasteiger partial charge in [-0.05, 0) is 79.7 Å². The zero-order valence-electron chi connectivity index (χ0n) is 35.5. The van der Waals surface area contributed by atoms with Crippen LogP contribution in [0.2, 0.25) is 0 Å². The van der Waals surface area contributed by atoms with Crippen molar-refractivity contribution in [2.75, 3.05) is 6.61 Å². The molecular formula is C52H49N2O9P. The second-order valence-electron chi connectivity index (χ2n) is 16.4.